The van der Waals surface area contributed by atoms with Gasteiger partial charge in [-0.15, -0.1) is 0 Å². The van der Waals surface area contributed by atoms with E-state index in [4.69, 9.17) is 4.74 Å². The molecule has 2 aromatic rings. The van der Waals surface area contributed by atoms with Gasteiger partial charge in [-0.2, -0.15) is 0 Å². The van der Waals surface area contributed by atoms with Gasteiger partial charge in [-0.25, -0.2) is 0 Å². The molecule has 1 heterocycles. The van der Waals surface area contributed by atoms with Gasteiger partial charge < -0.3 is 15.0 Å². The molecular weight excluding hydrogens is 324 g/mol. The molecule has 1 N–H and O–H groups in total. The van der Waals surface area contributed by atoms with Crippen LogP contribution in [0.1, 0.15) is 30.9 Å². The zero-order valence-electron chi connectivity index (χ0n) is 15.7. The molecule has 1 aliphatic heterocycles. The van der Waals surface area contributed by atoms with Crippen molar-refractivity contribution in [3.8, 4) is 5.75 Å². The number of ether oxygens (including phenoxy) is 1. The van der Waals surface area contributed by atoms with Crippen molar-refractivity contribution >= 4 is 11.6 Å². The lowest BCUT2D eigenvalue weighted by atomic mass is 10.0. The summed E-state index contributed by atoms with van der Waals surface area (Å²) in [6.45, 7) is 6.52. The summed E-state index contributed by atoms with van der Waals surface area (Å²) in [6, 6.07) is 16.4. The molecule has 0 saturated carbocycles. The molecule has 0 aromatic heterocycles. The second-order valence-corrected chi connectivity index (χ2v) is 6.94. The Balaban J connectivity index is 1.41. The molecule has 4 nitrogen and oxygen atoms in total. The predicted octanol–water partition coefficient (Wildman–Crippen LogP) is 3.72. The Morgan fingerprint density at radius 3 is 2.92 bits per heavy atom. The third-order valence-corrected chi connectivity index (χ3v) is 4.78. The number of fused-ring (bicyclic) bond motifs is 1. The summed E-state index contributed by atoms with van der Waals surface area (Å²) in [6.07, 6.45) is 2.80. The number of nitrogens with zero attached hydrogens (tertiary/aromatic N) is 1. The Kier molecular flexibility index (Phi) is 6.16. The van der Waals surface area contributed by atoms with E-state index in [1.54, 1.807) is 6.92 Å². The van der Waals surface area contributed by atoms with Gasteiger partial charge >= 0.3 is 0 Å². The summed E-state index contributed by atoms with van der Waals surface area (Å²) < 4.78 is 5.73. The summed E-state index contributed by atoms with van der Waals surface area (Å²) in [5.74, 6) is 0.670. The summed E-state index contributed by atoms with van der Waals surface area (Å²) in [4.78, 5) is 14.7. The predicted molar refractivity (Wildman–Crippen MR) is 106 cm³/mol. The molecule has 1 unspecified atom stereocenters. The highest BCUT2D eigenvalue weighted by Crippen LogP contribution is 2.26. The van der Waals surface area contributed by atoms with Crippen molar-refractivity contribution in [1.82, 2.24) is 5.32 Å². The van der Waals surface area contributed by atoms with Gasteiger partial charge in [-0.05, 0) is 62.4 Å². The average molecular weight is 352 g/mol. The fraction of sp³-hybridized carbons (Fsp3) is 0.409. The van der Waals surface area contributed by atoms with Crippen molar-refractivity contribution in [2.75, 3.05) is 24.5 Å². The second-order valence-electron chi connectivity index (χ2n) is 6.94. The van der Waals surface area contributed by atoms with Crippen LogP contribution in [-0.4, -0.2) is 31.6 Å². The molecule has 2 aromatic carbocycles. The van der Waals surface area contributed by atoms with Crippen LogP contribution < -0.4 is 15.0 Å². The first-order valence-electron chi connectivity index (χ1n) is 9.47. The van der Waals surface area contributed by atoms with E-state index in [2.05, 4.69) is 34.5 Å². The molecule has 0 spiro atoms. The molecule has 0 radical (unpaired) electrons. The first-order valence-corrected chi connectivity index (χ1v) is 9.47. The number of benzene rings is 2. The van der Waals surface area contributed by atoms with Crippen molar-refractivity contribution < 1.29 is 9.53 Å². The third kappa shape index (κ3) is 4.78. The Morgan fingerprint density at radius 2 is 2.08 bits per heavy atom. The minimum Gasteiger partial charge on any atom is -0.481 e. The fourth-order valence-corrected chi connectivity index (χ4v) is 3.42. The highest BCUT2D eigenvalue weighted by Gasteiger charge is 2.17. The molecule has 4 heteroatoms. The van der Waals surface area contributed by atoms with Crippen LogP contribution in [-0.2, 0) is 11.2 Å². The van der Waals surface area contributed by atoms with Gasteiger partial charge in [0.05, 0.1) is 0 Å². The monoisotopic (exact) mass is 352 g/mol. The minimum atomic E-state index is -0.493. The lowest BCUT2D eigenvalue weighted by molar-refractivity contribution is -0.127. The van der Waals surface area contributed by atoms with E-state index in [1.807, 2.05) is 31.2 Å². The highest BCUT2D eigenvalue weighted by molar-refractivity contribution is 5.80. The van der Waals surface area contributed by atoms with Crippen LogP contribution in [0.25, 0.3) is 0 Å². The Labute approximate surface area is 156 Å². The molecule has 1 amide bonds. The van der Waals surface area contributed by atoms with Crippen LogP contribution in [0.15, 0.2) is 48.5 Å². The molecule has 1 atom stereocenters. The van der Waals surface area contributed by atoms with Gasteiger partial charge in [0.1, 0.15) is 5.75 Å². The van der Waals surface area contributed by atoms with Crippen LogP contribution >= 0.6 is 0 Å². The largest absolute Gasteiger partial charge is 0.481 e. The molecule has 26 heavy (non-hydrogen) atoms. The maximum Gasteiger partial charge on any atom is 0.260 e. The van der Waals surface area contributed by atoms with Crippen LogP contribution in [0, 0.1) is 6.92 Å². The first kappa shape index (κ1) is 18.3. The van der Waals surface area contributed by atoms with Crippen LogP contribution in [0.2, 0.25) is 0 Å². The molecule has 0 fully saturated rings. The number of hydrogen-bond donors (Lipinski definition) is 1. The summed E-state index contributed by atoms with van der Waals surface area (Å²) in [7, 11) is 0. The number of para-hydroxylation sites is 1. The quantitative estimate of drug-likeness (QED) is 0.772. The number of anilines is 1. The van der Waals surface area contributed by atoms with Gasteiger partial charge in [0.25, 0.3) is 5.91 Å². The highest BCUT2D eigenvalue weighted by atomic mass is 16.5. The average Bonchev–Trinajstić information content (AvgIpc) is 2.65. The zero-order valence-corrected chi connectivity index (χ0v) is 15.7. The lowest BCUT2D eigenvalue weighted by Crippen LogP contribution is -2.38. The second kappa shape index (κ2) is 8.75. The smallest absolute Gasteiger partial charge is 0.260 e. The van der Waals surface area contributed by atoms with Crippen molar-refractivity contribution in [2.45, 2.75) is 39.2 Å². The Morgan fingerprint density at radius 1 is 1.23 bits per heavy atom. The van der Waals surface area contributed by atoms with E-state index in [1.165, 1.54) is 17.7 Å². The molecule has 138 valence electrons. The third-order valence-electron chi connectivity index (χ3n) is 4.78. The van der Waals surface area contributed by atoms with Gasteiger partial charge in [0.2, 0.25) is 0 Å². The first-order chi connectivity index (χ1) is 12.6. The topological polar surface area (TPSA) is 41.6 Å². The molecule has 0 saturated heterocycles. The van der Waals surface area contributed by atoms with Gasteiger partial charge in [-0.1, -0.05) is 30.3 Å². The van der Waals surface area contributed by atoms with Crippen LogP contribution in [0.4, 0.5) is 5.69 Å². The number of hydrogen-bond acceptors (Lipinski definition) is 3. The number of rotatable bonds is 7. The van der Waals surface area contributed by atoms with Gasteiger partial charge in [0, 0.05) is 25.3 Å². The summed E-state index contributed by atoms with van der Waals surface area (Å²) in [5.41, 5.74) is 3.90. The molecule has 3 rings (SSSR count). The molecular formula is C22H28N2O2. The maximum atomic E-state index is 12.2. The normalized spacial score (nSPS) is 14.5. The maximum absolute atomic E-state index is 12.2. The van der Waals surface area contributed by atoms with E-state index >= 15 is 0 Å². The standard InChI is InChI=1S/C22H28N2O2/c1-17-8-5-11-20(16-17)26-18(2)22(25)23-13-7-15-24-14-6-10-19-9-3-4-12-21(19)24/h3-5,8-9,11-12,16,18H,6-7,10,13-15H2,1-2H3,(H,23,25). The number of carbonyl (C=O) groups excluding carboxylic acids is 1. The number of carbonyl (C=O) groups is 1. The van der Waals surface area contributed by atoms with E-state index in [-0.39, 0.29) is 5.91 Å². The van der Waals surface area contributed by atoms with E-state index in [9.17, 15) is 4.79 Å². The van der Waals surface area contributed by atoms with Gasteiger partial charge in [0.15, 0.2) is 6.10 Å². The molecule has 0 aliphatic carbocycles. The zero-order chi connectivity index (χ0) is 18.4. The number of amides is 1. The number of aryl methyl sites for hydroxylation is 2. The van der Waals surface area contributed by atoms with E-state index in [0.29, 0.717) is 6.54 Å². The Hall–Kier alpha value is -2.49. The van der Waals surface area contributed by atoms with Crippen molar-refractivity contribution in [3.63, 3.8) is 0 Å². The van der Waals surface area contributed by atoms with Crippen LogP contribution in [0.3, 0.4) is 0 Å². The van der Waals surface area contributed by atoms with E-state index < -0.39 is 6.10 Å². The lowest BCUT2D eigenvalue weighted by Gasteiger charge is -2.31. The molecule has 0 bridgehead atoms. The van der Waals surface area contributed by atoms with Gasteiger partial charge in [-0.3, -0.25) is 4.79 Å². The van der Waals surface area contributed by atoms with Crippen molar-refractivity contribution in [3.05, 3.63) is 59.7 Å². The number of nitrogens with one attached hydrogen (secondary N) is 1. The van der Waals surface area contributed by atoms with Crippen molar-refractivity contribution in [1.29, 1.82) is 0 Å². The summed E-state index contributed by atoms with van der Waals surface area (Å²) >= 11 is 0. The fourth-order valence-electron chi connectivity index (χ4n) is 3.42. The van der Waals surface area contributed by atoms with Crippen molar-refractivity contribution in [2.24, 2.45) is 0 Å². The Bertz CT molecular complexity index is 744. The minimum absolute atomic E-state index is 0.0643. The molecule has 1 aliphatic rings. The SMILES string of the molecule is Cc1cccc(OC(C)C(=O)NCCCN2CCCc3ccccc32)c1. The van der Waals surface area contributed by atoms with E-state index in [0.717, 1.165) is 37.2 Å². The van der Waals surface area contributed by atoms with Crippen LogP contribution in [0.5, 0.6) is 5.75 Å². The summed E-state index contributed by atoms with van der Waals surface area (Å²) in [5, 5.41) is 2.99.